The van der Waals surface area contributed by atoms with Crippen molar-refractivity contribution < 1.29 is 19.0 Å². The number of ether oxygens (including phenoxy) is 3. The van der Waals surface area contributed by atoms with Crippen LogP contribution in [0.3, 0.4) is 0 Å². The Hall–Kier alpha value is -2.73. The average molecular weight is 384 g/mol. The monoisotopic (exact) mass is 384 g/mol. The number of methoxy groups -OCH3 is 3. The largest absolute Gasteiger partial charge is 0.493 e. The van der Waals surface area contributed by atoms with Crippen LogP contribution >= 0.6 is 0 Å². The van der Waals surface area contributed by atoms with Crippen LogP contribution < -0.4 is 14.2 Å². The van der Waals surface area contributed by atoms with E-state index in [1.54, 1.807) is 21.3 Å². The Balaban J connectivity index is 1.60. The van der Waals surface area contributed by atoms with Crippen LogP contribution in [0.1, 0.15) is 11.1 Å². The van der Waals surface area contributed by atoms with Gasteiger partial charge in [0, 0.05) is 38.3 Å². The first-order valence-electron chi connectivity index (χ1n) is 9.48. The molecule has 0 aromatic heterocycles. The van der Waals surface area contributed by atoms with Gasteiger partial charge in [0.25, 0.3) is 0 Å². The minimum atomic E-state index is 0.102. The molecule has 150 valence electrons. The van der Waals surface area contributed by atoms with E-state index in [-0.39, 0.29) is 12.3 Å². The van der Waals surface area contributed by atoms with Crippen molar-refractivity contribution in [3.8, 4) is 17.2 Å². The molecule has 0 aliphatic carbocycles. The van der Waals surface area contributed by atoms with E-state index in [0.717, 1.165) is 38.3 Å². The first-order chi connectivity index (χ1) is 13.7. The van der Waals surface area contributed by atoms with Gasteiger partial charge in [0.1, 0.15) is 0 Å². The molecule has 0 spiro atoms. The van der Waals surface area contributed by atoms with Crippen molar-refractivity contribution in [2.24, 2.45) is 0 Å². The Kier molecular flexibility index (Phi) is 6.76. The summed E-state index contributed by atoms with van der Waals surface area (Å²) < 4.78 is 16.2. The molecule has 1 saturated heterocycles. The summed E-state index contributed by atoms with van der Waals surface area (Å²) in [6, 6.07) is 14.1. The Labute approximate surface area is 166 Å². The van der Waals surface area contributed by atoms with Crippen LogP contribution in [0.15, 0.2) is 42.5 Å². The van der Waals surface area contributed by atoms with Crippen LogP contribution in [0.2, 0.25) is 0 Å². The highest BCUT2D eigenvalue weighted by Gasteiger charge is 2.24. The molecule has 6 nitrogen and oxygen atoms in total. The third-order valence-corrected chi connectivity index (χ3v) is 5.10. The van der Waals surface area contributed by atoms with E-state index in [0.29, 0.717) is 17.2 Å². The van der Waals surface area contributed by atoms with E-state index < -0.39 is 0 Å². The predicted octanol–water partition coefficient (Wildman–Crippen LogP) is 2.60. The quantitative estimate of drug-likeness (QED) is 0.735. The topological polar surface area (TPSA) is 51.2 Å². The van der Waals surface area contributed by atoms with Gasteiger partial charge in [-0.25, -0.2) is 0 Å². The fourth-order valence-corrected chi connectivity index (χ4v) is 3.57. The molecule has 0 bridgehead atoms. The highest BCUT2D eigenvalue weighted by Crippen LogP contribution is 2.40. The molecule has 0 atom stereocenters. The lowest BCUT2D eigenvalue weighted by atomic mass is 10.1. The maximum atomic E-state index is 12.8. The van der Waals surface area contributed by atoms with Crippen molar-refractivity contribution in [3.05, 3.63) is 53.6 Å². The zero-order valence-corrected chi connectivity index (χ0v) is 16.8. The number of carbonyl (C=O) groups is 1. The third kappa shape index (κ3) is 4.57. The SMILES string of the molecule is COc1ccc(CC(=O)N2CCN(Cc3ccccc3)CC2)c(OC)c1OC. The van der Waals surface area contributed by atoms with Crippen molar-refractivity contribution in [1.29, 1.82) is 0 Å². The van der Waals surface area contributed by atoms with E-state index in [1.165, 1.54) is 5.56 Å². The summed E-state index contributed by atoms with van der Waals surface area (Å²) in [5, 5.41) is 0. The fraction of sp³-hybridized carbons (Fsp3) is 0.409. The molecule has 1 heterocycles. The van der Waals surface area contributed by atoms with Crippen molar-refractivity contribution in [1.82, 2.24) is 9.80 Å². The highest BCUT2D eigenvalue weighted by molar-refractivity contribution is 5.80. The zero-order chi connectivity index (χ0) is 19.9. The Morgan fingerprint density at radius 3 is 2.14 bits per heavy atom. The summed E-state index contributed by atoms with van der Waals surface area (Å²) in [5.41, 5.74) is 2.11. The highest BCUT2D eigenvalue weighted by atomic mass is 16.5. The molecule has 1 fully saturated rings. The van der Waals surface area contributed by atoms with Crippen LogP contribution in [0, 0.1) is 0 Å². The Morgan fingerprint density at radius 1 is 0.857 bits per heavy atom. The minimum Gasteiger partial charge on any atom is -0.493 e. The van der Waals surface area contributed by atoms with Crippen LogP contribution in [-0.4, -0.2) is 63.2 Å². The van der Waals surface area contributed by atoms with Gasteiger partial charge in [-0.3, -0.25) is 9.69 Å². The Bertz CT molecular complexity index is 787. The van der Waals surface area contributed by atoms with Crippen LogP contribution in [0.5, 0.6) is 17.2 Å². The third-order valence-electron chi connectivity index (χ3n) is 5.10. The van der Waals surface area contributed by atoms with Gasteiger partial charge in [0.15, 0.2) is 11.5 Å². The van der Waals surface area contributed by atoms with Gasteiger partial charge >= 0.3 is 0 Å². The van der Waals surface area contributed by atoms with Gasteiger partial charge in [0.2, 0.25) is 11.7 Å². The lowest BCUT2D eigenvalue weighted by molar-refractivity contribution is -0.132. The van der Waals surface area contributed by atoms with Crippen molar-refractivity contribution in [2.75, 3.05) is 47.5 Å². The number of amides is 1. The summed E-state index contributed by atoms with van der Waals surface area (Å²) in [6.45, 7) is 4.16. The number of hydrogen-bond donors (Lipinski definition) is 0. The van der Waals surface area contributed by atoms with E-state index in [4.69, 9.17) is 14.2 Å². The molecule has 2 aromatic carbocycles. The van der Waals surface area contributed by atoms with Gasteiger partial charge in [-0.2, -0.15) is 0 Å². The van der Waals surface area contributed by atoms with Gasteiger partial charge in [-0.15, -0.1) is 0 Å². The van der Waals surface area contributed by atoms with E-state index in [9.17, 15) is 4.79 Å². The molecular formula is C22H28N2O4. The molecular weight excluding hydrogens is 356 g/mol. The number of rotatable bonds is 7. The molecule has 3 rings (SSSR count). The number of nitrogens with zero attached hydrogens (tertiary/aromatic N) is 2. The Morgan fingerprint density at radius 2 is 1.54 bits per heavy atom. The molecule has 1 aliphatic heterocycles. The van der Waals surface area contributed by atoms with Gasteiger partial charge < -0.3 is 19.1 Å². The van der Waals surface area contributed by atoms with Crippen LogP contribution in [0.25, 0.3) is 0 Å². The number of hydrogen-bond acceptors (Lipinski definition) is 5. The number of benzene rings is 2. The summed E-state index contributed by atoms with van der Waals surface area (Å²) in [4.78, 5) is 17.1. The molecule has 0 N–H and O–H groups in total. The average Bonchev–Trinajstić information content (AvgIpc) is 2.74. The molecule has 2 aromatic rings. The fourth-order valence-electron chi connectivity index (χ4n) is 3.57. The minimum absolute atomic E-state index is 0.102. The summed E-state index contributed by atoms with van der Waals surface area (Å²) >= 11 is 0. The standard InChI is InChI=1S/C22H28N2O4/c1-26-19-10-9-18(21(27-2)22(19)28-3)15-20(25)24-13-11-23(12-14-24)16-17-7-5-4-6-8-17/h4-10H,11-16H2,1-3H3. The molecule has 0 unspecified atom stereocenters. The summed E-state index contributed by atoms with van der Waals surface area (Å²) in [7, 11) is 4.72. The summed E-state index contributed by atoms with van der Waals surface area (Å²) in [5.74, 6) is 1.76. The predicted molar refractivity (Wildman–Crippen MR) is 108 cm³/mol. The lowest BCUT2D eigenvalue weighted by Gasteiger charge is -2.35. The van der Waals surface area contributed by atoms with Gasteiger partial charge in [-0.05, 0) is 11.6 Å². The number of piperazine rings is 1. The maximum Gasteiger partial charge on any atom is 0.227 e. The normalized spacial score (nSPS) is 14.6. The van der Waals surface area contributed by atoms with Gasteiger partial charge in [0.05, 0.1) is 27.8 Å². The summed E-state index contributed by atoms with van der Waals surface area (Å²) in [6.07, 6.45) is 0.280. The van der Waals surface area contributed by atoms with E-state index >= 15 is 0 Å². The zero-order valence-electron chi connectivity index (χ0n) is 16.8. The number of carbonyl (C=O) groups excluding carboxylic acids is 1. The van der Waals surface area contributed by atoms with Crippen LogP contribution in [0.4, 0.5) is 0 Å². The first kappa shape index (κ1) is 20.0. The van der Waals surface area contributed by atoms with Crippen molar-refractivity contribution >= 4 is 5.91 Å². The molecule has 6 heteroatoms. The van der Waals surface area contributed by atoms with Gasteiger partial charge in [-0.1, -0.05) is 36.4 Å². The van der Waals surface area contributed by atoms with Crippen LogP contribution in [-0.2, 0) is 17.8 Å². The lowest BCUT2D eigenvalue weighted by Crippen LogP contribution is -2.48. The maximum absolute atomic E-state index is 12.8. The van der Waals surface area contributed by atoms with E-state index in [1.807, 2.05) is 23.1 Å². The van der Waals surface area contributed by atoms with E-state index in [2.05, 4.69) is 29.2 Å². The van der Waals surface area contributed by atoms with Crippen molar-refractivity contribution in [3.63, 3.8) is 0 Å². The smallest absolute Gasteiger partial charge is 0.227 e. The second kappa shape index (κ2) is 9.46. The molecule has 1 amide bonds. The molecule has 0 radical (unpaired) electrons. The molecule has 28 heavy (non-hydrogen) atoms. The molecule has 1 aliphatic rings. The first-order valence-corrected chi connectivity index (χ1v) is 9.48. The molecule has 0 saturated carbocycles. The second-order valence-corrected chi connectivity index (χ2v) is 6.81. The van der Waals surface area contributed by atoms with Crippen molar-refractivity contribution in [2.45, 2.75) is 13.0 Å². The second-order valence-electron chi connectivity index (χ2n) is 6.81.